The average Bonchev–Trinajstić information content (AvgIpc) is 2.85. The van der Waals surface area contributed by atoms with Gasteiger partial charge in [-0.15, -0.1) is 0 Å². The van der Waals surface area contributed by atoms with E-state index in [1.165, 1.54) is 57.8 Å². The summed E-state index contributed by atoms with van der Waals surface area (Å²) in [4.78, 5) is 36.9. The first-order chi connectivity index (χ1) is 17.0. The zero-order chi connectivity index (χ0) is 26.0. The van der Waals surface area contributed by atoms with Crippen LogP contribution in [0.2, 0.25) is 0 Å². The van der Waals surface area contributed by atoms with E-state index in [0.717, 1.165) is 44.9 Å². The van der Waals surface area contributed by atoms with Crippen LogP contribution in [0.5, 0.6) is 0 Å². The monoisotopic (exact) mass is 496 g/mol. The molecule has 0 bridgehead atoms. The standard InChI is InChI=1S/C28H56N4O3/c1-3-5-7-9-11-13-16-21-27(34)32-25(19-15-12-10-8-6-4-2)28(35)31-23-18-14-17-20-26(33)30-24-22-29/h25H,3-24,29H2,1-2H3,(H,30,33)(H,31,35)(H,32,34). The molecule has 0 radical (unpaired) electrons. The molecule has 0 aliphatic heterocycles. The largest absolute Gasteiger partial charge is 0.355 e. The third-order valence-corrected chi connectivity index (χ3v) is 6.35. The minimum absolute atomic E-state index is 0.00631. The number of carbonyl (C=O) groups excluding carboxylic acids is 3. The summed E-state index contributed by atoms with van der Waals surface area (Å²) in [6, 6.07) is -0.444. The molecule has 0 aromatic carbocycles. The van der Waals surface area contributed by atoms with Crippen LogP contribution >= 0.6 is 0 Å². The molecule has 0 aliphatic carbocycles. The highest BCUT2D eigenvalue weighted by Crippen LogP contribution is 2.11. The number of nitrogens with one attached hydrogen (secondary N) is 3. The fourth-order valence-electron chi connectivity index (χ4n) is 4.13. The second kappa shape index (κ2) is 25.5. The van der Waals surface area contributed by atoms with Gasteiger partial charge in [-0.2, -0.15) is 0 Å². The minimum atomic E-state index is -0.444. The minimum Gasteiger partial charge on any atom is -0.355 e. The molecule has 0 heterocycles. The van der Waals surface area contributed by atoms with Gasteiger partial charge in [-0.3, -0.25) is 14.4 Å². The van der Waals surface area contributed by atoms with Gasteiger partial charge in [-0.05, 0) is 25.7 Å². The maximum absolute atomic E-state index is 12.8. The third-order valence-electron chi connectivity index (χ3n) is 6.35. The lowest BCUT2D eigenvalue weighted by atomic mass is 10.0. The van der Waals surface area contributed by atoms with E-state index in [1.807, 2.05) is 0 Å². The van der Waals surface area contributed by atoms with Crippen LogP contribution < -0.4 is 21.7 Å². The van der Waals surface area contributed by atoms with Gasteiger partial charge in [0.1, 0.15) is 6.04 Å². The van der Waals surface area contributed by atoms with E-state index in [-0.39, 0.29) is 17.7 Å². The van der Waals surface area contributed by atoms with E-state index in [0.29, 0.717) is 38.9 Å². The fourth-order valence-corrected chi connectivity index (χ4v) is 4.13. The summed E-state index contributed by atoms with van der Waals surface area (Å²) in [6.07, 6.45) is 19.4. The van der Waals surface area contributed by atoms with Crippen LogP contribution in [0.25, 0.3) is 0 Å². The zero-order valence-corrected chi connectivity index (χ0v) is 22.9. The number of nitrogens with two attached hydrogens (primary N) is 1. The molecule has 0 aromatic rings. The van der Waals surface area contributed by atoms with Crippen LogP contribution in [0, 0.1) is 0 Å². The summed E-state index contributed by atoms with van der Waals surface area (Å²) in [5.41, 5.74) is 5.38. The van der Waals surface area contributed by atoms with Gasteiger partial charge in [0.2, 0.25) is 17.7 Å². The molecule has 1 atom stereocenters. The van der Waals surface area contributed by atoms with E-state index in [1.54, 1.807) is 0 Å². The Hall–Kier alpha value is -1.63. The molecule has 35 heavy (non-hydrogen) atoms. The highest BCUT2D eigenvalue weighted by molar-refractivity contribution is 5.87. The van der Waals surface area contributed by atoms with Crippen molar-refractivity contribution in [2.24, 2.45) is 5.73 Å². The summed E-state index contributed by atoms with van der Waals surface area (Å²) in [5, 5.41) is 8.76. The molecule has 0 saturated carbocycles. The normalized spacial score (nSPS) is 11.7. The Bertz CT molecular complexity index is 528. The van der Waals surface area contributed by atoms with Crippen LogP contribution in [-0.4, -0.2) is 43.4 Å². The van der Waals surface area contributed by atoms with Gasteiger partial charge >= 0.3 is 0 Å². The van der Waals surface area contributed by atoms with E-state index in [2.05, 4.69) is 29.8 Å². The second-order valence-corrected chi connectivity index (χ2v) is 9.79. The quantitative estimate of drug-likeness (QED) is 0.131. The molecule has 0 fully saturated rings. The summed E-state index contributed by atoms with van der Waals surface area (Å²) in [7, 11) is 0. The zero-order valence-electron chi connectivity index (χ0n) is 22.9. The summed E-state index contributed by atoms with van der Waals surface area (Å²) in [6.45, 7) is 5.96. The van der Waals surface area contributed by atoms with Crippen LogP contribution in [0.4, 0.5) is 0 Å². The van der Waals surface area contributed by atoms with Gasteiger partial charge in [0.15, 0.2) is 0 Å². The molecule has 0 spiro atoms. The summed E-state index contributed by atoms with van der Waals surface area (Å²) < 4.78 is 0. The Morgan fingerprint density at radius 3 is 1.71 bits per heavy atom. The number of carbonyl (C=O) groups is 3. The van der Waals surface area contributed by atoms with Crippen molar-refractivity contribution in [3.05, 3.63) is 0 Å². The van der Waals surface area contributed by atoms with Crippen molar-refractivity contribution in [3.63, 3.8) is 0 Å². The predicted octanol–water partition coefficient (Wildman–Crippen LogP) is 5.11. The van der Waals surface area contributed by atoms with E-state index in [4.69, 9.17) is 5.73 Å². The second-order valence-electron chi connectivity index (χ2n) is 9.79. The topological polar surface area (TPSA) is 113 Å². The highest BCUT2D eigenvalue weighted by Gasteiger charge is 2.19. The van der Waals surface area contributed by atoms with Gasteiger partial charge in [0.25, 0.3) is 0 Å². The van der Waals surface area contributed by atoms with Gasteiger partial charge in [-0.25, -0.2) is 0 Å². The lowest BCUT2D eigenvalue weighted by Gasteiger charge is -2.19. The third kappa shape index (κ3) is 22.6. The Kier molecular flexibility index (Phi) is 24.3. The molecule has 0 aliphatic rings. The van der Waals surface area contributed by atoms with Crippen LogP contribution in [0.15, 0.2) is 0 Å². The lowest BCUT2D eigenvalue weighted by Crippen LogP contribution is -2.46. The smallest absolute Gasteiger partial charge is 0.242 e. The highest BCUT2D eigenvalue weighted by atomic mass is 16.2. The summed E-state index contributed by atoms with van der Waals surface area (Å²) in [5.74, 6) is -0.0532. The van der Waals surface area contributed by atoms with Gasteiger partial charge in [-0.1, -0.05) is 97.3 Å². The molecular weight excluding hydrogens is 440 g/mol. The molecule has 1 unspecified atom stereocenters. The van der Waals surface area contributed by atoms with Gasteiger partial charge in [0.05, 0.1) is 0 Å². The number of hydrogen-bond acceptors (Lipinski definition) is 4. The Morgan fingerprint density at radius 1 is 0.600 bits per heavy atom. The number of rotatable bonds is 25. The molecule has 3 amide bonds. The Labute approximate surface area is 215 Å². The van der Waals surface area contributed by atoms with Crippen molar-refractivity contribution in [2.75, 3.05) is 19.6 Å². The van der Waals surface area contributed by atoms with E-state index in [9.17, 15) is 14.4 Å². The van der Waals surface area contributed by atoms with Crippen molar-refractivity contribution in [2.45, 2.75) is 142 Å². The maximum Gasteiger partial charge on any atom is 0.242 e. The molecular formula is C28H56N4O3. The van der Waals surface area contributed by atoms with Crippen LogP contribution in [0.3, 0.4) is 0 Å². The number of hydrogen-bond donors (Lipinski definition) is 4. The van der Waals surface area contributed by atoms with Crippen molar-refractivity contribution in [3.8, 4) is 0 Å². The maximum atomic E-state index is 12.8. The van der Waals surface area contributed by atoms with Gasteiger partial charge in [0, 0.05) is 32.5 Å². The molecule has 5 N–H and O–H groups in total. The first-order valence-electron chi connectivity index (χ1n) is 14.6. The first kappa shape index (κ1) is 33.4. The molecule has 0 rings (SSSR count). The Balaban J connectivity index is 4.26. The van der Waals surface area contributed by atoms with Crippen molar-refractivity contribution < 1.29 is 14.4 Å². The fraction of sp³-hybridized carbons (Fsp3) is 0.893. The number of amides is 3. The van der Waals surface area contributed by atoms with E-state index < -0.39 is 6.04 Å². The van der Waals surface area contributed by atoms with Crippen molar-refractivity contribution >= 4 is 17.7 Å². The molecule has 0 saturated heterocycles. The van der Waals surface area contributed by atoms with E-state index >= 15 is 0 Å². The van der Waals surface area contributed by atoms with Crippen molar-refractivity contribution in [1.29, 1.82) is 0 Å². The lowest BCUT2D eigenvalue weighted by molar-refractivity contribution is -0.129. The van der Waals surface area contributed by atoms with Crippen LogP contribution in [-0.2, 0) is 14.4 Å². The van der Waals surface area contributed by atoms with Gasteiger partial charge < -0.3 is 21.7 Å². The summed E-state index contributed by atoms with van der Waals surface area (Å²) >= 11 is 0. The molecule has 0 aromatic heterocycles. The van der Waals surface area contributed by atoms with Crippen LogP contribution in [0.1, 0.15) is 136 Å². The molecule has 7 nitrogen and oxygen atoms in total. The number of unbranched alkanes of at least 4 members (excludes halogenated alkanes) is 13. The first-order valence-corrected chi connectivity index (χ1v) is 14.6. The molecule has 206 valence electrons. The SMILES string of the molecule is CCCCCCCCCC(=O)NC(CCCCCCCC)C(=O)NCCCCCC(=O)NCCN. The van der Waals surface area contributed by atoms with Crippen molar-refractivity contribution in [1.82, 2.24) is 16.0 Å². The average molecular weight is 497 g/mol. The Morgan fingerprint density at radius 2 is 1.11 bits per heavy atom. The molecule has 7 heteroatoms. The predicted molar refractivity (Wildman–Crippen MR) is 146 cm³/mol.